The minimum atomic E-state index is -1.16. The lowest BCUT2D eigenvalue weighted by atomic mass is 9.82. The fourth-order valence-corrected chi connectivity index (χ4v) is 3.68. The summed E-state index contributed by atoms with van der Waals surface area (Å²) in [5.74, 6) is -2.85. The van der Waals surface area contributed by atoms with Gasteiger partial charge in [0, 0.05) is 11.9 Å². The molecule has 2 atom stereocenters. The number of rotatable bonds is 7. The van der Waals surface area contributed by atoms with Crippen molar-refractivity contribution < 1.29 is 28.0 Å². The van der Waals surface area contributed by atoms with Crippen molar-refractivity contribution in [2.45, 2.75) is 37.6 Å². The Labute approximate surface area is 191 Å². The smallest absolute Gasteiger partial charge is 0.333 e. The van der Waals surface area contributed by atoms with Crippen molar-refractivity contribution >= 4 is 11.9 Å². The van der Waals surface area contributed by atoms with Gasteiger partial charge in [-0.05, 0) is 48.9 Å². The Morgan fingerprint density at radius 1 is 1.21 bits per heavy atom. The van der Waals surface area contributed by atoms with E-state index in [0.717, 1.165) is 11.8 Å². The number of carboxylic acid groups (broad SMARTS) is 1. The summed E-state index contributed by atoms with van der Waals surface area (Å²) >= 11 is 0. The quantitative estimate of drug-likeness (QED) is 0.440. The first-order valence-corrected chi connectivity index (χ1v) is 10.4. The van der Waals surface area contributed by atoms with Crippen LogP contribution in [0.25, 0.3) is 11.5 Å². The summed E-state index contributed by atoms with van der Waals surface area (Å²) in [5.41, 5.74) is 7.32. The van der Waals surface area contributed by atoms with Gasteiger partial charge >= 0.3 is 5.97 Å². The predicted molar refractivity (Wildman–Crippen MR) is 113 cm³/mol. The molecule has 1 aliphatic rings. The number of carbonyl (C=O) groups is 2. The van der Waals surface area contributed by atoms with E-state index in [1.165, 1.54) is 24.4 Å². The normalized spacial score (nSPS) is 16.9. The highest BCUT2D eigenvalue weighted by Gasteiger charge is 2.29. The van der Waals surface area contributed by atoms with E-state index in [1.54, 1.807) is 6.07 Å². The number of carbonyl (C=O) groups excluding carboxylic acids is 1. The number of pyridine rings is 2. The predicted octanol–water partition coefficient (Wildman–Crippen LogP) is 2.10. The molecule has 0 aliphatic heterocycles. The zero-order valence-corrected chi connectivity index (χ0v) is 17.7. The molecule has 34 heavy (non-hydrogen) atoms. The molecule has 4 N–H and O–H groups in total. The van der Waals surface area contributed by atoms with E-state index in [9.17, 15) is 23.5 Å². The van der Waals surface area contributed by atoms with Crippen LogP contribution in [0.4, 0.5) is 8.78 Å². The Hall–Kier alpha value is -4.06. The van der Waals surface area contributed by atoms with Crippen molar-refractivity contribution in [3.05, 3.63) is 71.1 Å². The van der Waals surface area contributed by atoms with E-state index in [1.807, 2.05) is 0 Å². The maximum absolute atomic E-state index is 13.1. The molecular formula is C22H20F2N6O4. The van der Waals surface area contributed by atoms with Gasteiger partial charge in [-0.3, -0.25) is 4.79 Å². The SMILES string of the molecule is NC(Cc1nc(-c2ccc(F)cn2)no1)C(=O)NC1=C(C(=O)O)CC(c2ccc(F)nc2)CC1. The van der Waals surface area contributed by atoms with Gasteiger partial charge in [0.05, 0.1) is 24.2 Å². The number of halogens is 2. The maximum Gasteiger partial charge on any atom is 0.333 e. The summed E-state index contributed by atoms with van der Waals surface area (Å²) in [5, 5.41) is 16.0. The standard InChI is InChI=1S/C22H20F2N6O4/c23-13-3-5-17(26-10-13)20-29-19(34-30-20)8-15(25)21(31)28-16-4-1-11(7-14(16)22(32)33)12-2-6-18(24)27-9-12/h2-3,5-6,9-11,15H,1,4,7-8,25H2,(H,28,31)(H,32,33). The molecule has 3 heterocycles. The molecule has 0 saturated heterocycles. The van der Waals surface area contributed by atoms with Crippen LogP contribution >= 0.6 is 0 Å². The topological polar surface area (TPSA) is 157 Å². The van der Waals surface area contributed by atoms with E-state index < -0.39 is 29.7 Å². The Kier molecular flexibility index (Phi) is 6.68. The second-order valence-electron chi connectivity index (χ2n) is 7.79. The second kappa shape index (κ2) is 9.83. The molecule has 3 aromatic rings. The first-order chi connectivity index (χ1) is 16.3. The summed E-state index contributed by atoms with van der Waals surface area (Å²) in [6.07, 6.45) is 3.30. The minimum Gasteiger partial charge on any atom is -0.478 e. The van der Waals surface area contributed by atoms with Gasteiger partial charge in [0.1, 0.15) is 11.5 Å². The highest BCUT2D eigenvalue weighted by Crippen LogP contribution is 2.35. The van der Waals surface area contributed by atoms with Crippen molar-refractivity contribution in [3.8, 4) is 11.5 Å². The number of aromatic nitrogens is 4. The van der Waals surface area contributed by atoms with E-state index in [4.69, 9.17) is 10.3 Å². The van der Waals surface area contributed by atoms with Gasteiger partial charge < -0.3 is 20.7 Å². The number of aliphatic carboxylic acids is 1. The molecule has 12 heteroatoms. The average molecular weight is 470 g/mol. The number of hydrogen-bond donors (Lipinski definition) is 3. The maximum atomic E-state index is 13.1. The van der Waals surface area contributed by atoms with Crippen LogP contribution in [0.5, 0.6) is 0 Å². The number of carboxylic acids is 1. The molecule has 0 radical (unpaired) electrons. The molecule has 1 aliphatic carbocycles. The van der Waals surface area contributed by atoms with E-state index in [2.05, 4.69) is 25.4 Å². The number of hydrogen-bond acceptors (Lipinski definition) is 8. The lowest BCUT2D eigenvalue weighted by molar-refractivity contribution is -0.133. The van der Waals surface area contributed by atoms with Crippen LogP contribution < -0.4 is 11.1 Å². The number of allylic oxidation sites excluding steroid dienone is 1. The molecule has 0 saturated carbocycles. The number of amides is 1. The number of nitrogens with two attached hydrogens (primary N) is 1. The third kappa shape index (κ3) is 5.29. The molecule has 1 amide bonds. The van der Waals surface area contributed by atoms with Crippen LogP contribution in [0.2, 0.25) is 0 Å². The zero-order valence-electron chi connectivity index (χ0n) is 17.7. The summed E-state index contributed by atoms with van der Waals surface area (Å²) in [6.45, 7) is 0. The van der Waals surface area contributed by atoms with Gasteiger partial charge in [-0.2, -0.15) is 9.37 Å². The molecule has 10 nitrogen and oxygen atoms in total. The Morgan fingerprint density at radius 2 is 2.03 bits per heavy atom. The van der Waals surface area contributed by atoms with E-state index in [-0.39, 0.29) is 41.7 Å². The third-order valence-corrected chi connectivity index (χ3v) is 5.47. The van der Waals surface area contributed by atoms with E-state index >= 15 is 0 Å². The summed E-state index contributed by atoms with van der Waals surface area (Å²) in [4.78, 5) is 36.0. The zero-order chi connectivity index (χ0) is 24.2. The van der Waals surface area contributed by atoms with Crippen LogP contribution in [0.1, 0.15) is 36.6 Å². The fourth-order valence-electron chi connectivity index (χ4n) is 3.68. The Balaban J connectivity index is 1.41. The Bertz CT molecular complexity index is 1230. The molecule has 4 rings (SSSR count). The number of nitrogens with one attached hydrogen (secondary N) is 1. The molecule has 0 bridgehead atoms. The van der Waals surface area contributed by atoms with Gasteiger partial charge in [0.15, 0.2) is 0 Å². The van der Waals surface area contributed by atoms with Crippen LogP contribution in [-0.4, -0.2) is 43.1 Å². The minimum absolute atomic E-state index is 0.0589. The molecule has 176 valence electrons. The first kappa shape index (κ1) is 23.1. The van der Waals surface area contributed by atoms with Gasteiger partial charge in [-0.25, -0.2) is 19.2 Å². The summed E-state index contributed by atoms with van der Waals surface area (Å²) < 4.78 is 31.2. The van der Waals surface area contributed by atoms with Crippen molar-refractivity contribution in [1.82, 2.24) is 25.4 Å². The second-order valence-corrected chi connectivity index (χ2v) is 7.79. The lowest BCUT2D eigenvalue weighted by Gasteiger charge is -2.26. The van der Waals surface area contributed by atoms with Gasteiger partial charge in [0.25, 0.3) is 0 Å². The van der Waals surface area contributed by atoms with Crippen molar-refractivity contribution in [1.29, 1.82) is 0 Å². The van der Waals surface area contributed by atoms with E-state index in [0.29, 0.717) is 18.5 Å². The third-order valence-electron chi connectivity index (χ3n) is 5.47. The molecule has 0 spiro atoms. The largest absolute Gasteiger partial charge is 0.478 e. The summed E-state index contributed by atoms with van der Waals surface area (Å²) in [7, 11) is 0. The molecule has 2 unspecified atom stereocenters. The van der Waals surface area contributed by atoms with Crippen LogP contribution in [0, 0.1) is 11.8 Å². The first-order valence-electron chi connectivity index (χ1n) is 10.4. The molecule has 0 fully saturated rings. The highest BCUT2D eigenvalue weighted by molar-refractivity contribution is 5.90. The highest BCUT2D eigenvalue weighted by atomic mass is 19.1. The van der Waals surface area contributed by atoms with Gasteiger partial charge in [-0.1, -0.05) is 11.2 Å². The van der Waals surface area contributed by atoms with Crippen LogP contribution in [-0.2, 0) is 16.0 Å². The molecule has 0 aromatic carbocycles. The molecule has 3 aromatic heterocycles. The van der Waals surface area contributed by atoms with Crippen molar-refractivity contribution in [3.63, 3.8) is 0 Å². The fraction of sp³-hybridized carbons (Fsp3) is 0.273. The van der Waals surface area contributed by atoms with Gasteiger partial charge in [-0.15, -0.1) is 0 Å². The summed E-state index contributed by atoms with van der Waals surface area (Å²) in [6, 6.07) is 4.30. The van der Waals surface area contributed by atoms with Gasteiger partial charge in [0.2, 0.25) is 23.6 Å². The lowest BCUT2D eigenvalue weighted by Crippen LogP contribution is -2.42. The molecular weight excluding hydrogens is 450 g/mol. The Morgan fingerprint density at radius 3 is 2.71 bits per heavy atom. The van der Waals surface area contributed by atoms with Crippen molar-refractivity contribution in [2.75, 3.05) is 0 Å². The van der Waals surface area contributed by atoms with Crippen LogP contribution in [0.15, 0.2) is 52.5 Å². The monoisotopic (exact) mass is 470 g/mol. The average Bonchev–Trinajstić information content (AvgIpc) is 3.28. The van der Waals surface area contributed by atoms with Crippen LogP contribution in [0.3, 0.4) is 0 Å². The van der Waals surface area contributed by atoms with Crippen molar-refractivity contribution in [2.24, 2.45) is 5.73 Å². The number of nitrogens with zero attached hydrogens (tertiary/aromatic N) is 4.